The van der Waals surface area contributed by atoms with Crippen molar-refractivity contribution in [3.63, 3.8) is 0 Å². The van der Waals surface area contributed by atoms with Gasteiger partial charge in [-0.3, -0.25) is 14.4 Å². The van der Waals surface area contributed by atoms with E-state index in [-0.39, 0.29) is 49.0 Å². The second-order valence-corrected chi connectivity index (χ2v) is 15.5. The maximum absolute atomic E-state index is 14.4. The van der Waals surface area contributed by atoms with Crippen LogP contribution in [0.25, 0.3) is 10.1 Å². The number of benzene rings is 2. The Labute approximate surface area is 350 Å². The van der Waals surface area contributed by atoms with E-state index >= 15 is 0 Å². The van der Waals surface area contributed by atoms with Crippen LogP contribution < -0.4 is 25.0 Å². The molecule has 3 aliphatic heterocycles. The number of aryl methyl sites for hydroxylation is 1. The van der Waals surface area contributed by atoms with Crippen LogP contribution in [0, 0.1) is 0 Å². The first-order valence-electron chi connectivity index (χ1n) is 19.4. The second-order valence-electron chi connectivity index (χ2n) is 14.4. The highest BCUT2D eigenvalue weighted by molar-refractivity contribution is 7.20. The molecule has 2 aromatic heterocycles. The van der Waals surface area contributed by atoms with Crippen molar-refractivity contribution in [2.45, 2.75) is 56.8 Å². The van der Waals surface area contributed by atoms with Crippen LogP contribution in [0.1, 0.15) is 62.6 Å². The van der Waals surface area contributed by atoms with Crippen LogP contribution in [-0.2, 0) is 35.5 Å². The van der Waals surface area contributed by atoms with E-state index in [4.69, 9.17) is 33.2 Å². The molecule has 3 aliphatic rings. The molecular weight excluding hydrogens is 799 g/mol. The molecule has 0 bridgehead atoms. The summed E-state index contributed by atoms with van der Waals surface area (Å²) < 4.78 is 42.7. The largest absolute Gasteiger partial charge is 0.493 e. The number of esters is 1. The van der Waals surface area contributed by atoms with E-state index in [0.717, 1.165) is 22.9 Å². The summed E-state index contributed by atoms with van der Waals surface area (Å²) in [7, 11) is 5.93. The van der Waals surface area contributed by atoms with Gasteiger partial charge < -0.3 is 53.3 Å². The zero-order valence-electron chi connectivity index (χ0n) is 33.7. The summed E-state index contributed by atoms with van der Waals surface area (Å²) in [5, 5.41) is 6.46. The van der Waals surface area contributed by atoms with Crippen LogP contribution in [-0.4, -0.2) is 112 Å². The van der Waals surface area contributed by atoms with E-state index in [1.807, 2.05) is 6.07 Å². The standard InChI is InChI=1S/C42H47N5O12S/c1-6-14-57-42(52)47-29-21-33(54-4)32(53-3)20-28(29)39(50)46-13-12-27(19-31(46)40(47)59-37-9-7-8-15-56-37)58-23-36(48)43-26-18-30(45(2)22-26)38(49)44-25-10-11-34-24(16-25)17-35(60-34)41(51)55-5/h6,10-11,16-18,20-22,27,31,37,40H,1,7-9,12-15,19,23H2,2-5H3,(H,43,48)(H,44,49)/t27-,31+,37?,40?/m1/s1. The normalized spacial score (nSPS) is 20.0. The van der Waals surface area contributed by atoms with E-state index in [9.17, 15) is 24.0 Å². The number of nitrogens with one attached hydrogen (secondary N) is 2. The number of carbonyl (C=O) groups excluding carboxylic acids is 5. The van der Waals surface area contributed by atoms with Gasteiger partial charge in [0.1, 0.15) is 23.8 Å². The number of nitrogens with zero attached hydrogens (tertiary/aromatic N) is 3. The number of ether oxygens (including phenoxy) is 7. The second kappa shape index (κ2) is 18.5. The highest BCUT2D eigenvalue weighted by atomic mass is 32.1. The average Bonchev–Trinajstić information content (AvgIpc) is 3.84. The Hall–Kier alpha value is -5.95. The molecular formula is C42H47N5O12S. The number of anilines is 3. The highest BCUT2D eigenvalue weighted by Gasteiger charge is 2.48. The number of aromatic nitrogens is 1. The summed E-state index contributed by atoms with van der Waals surface area (Å²) in [6, 6.07) is 11.0. The lowest BCUT2D eigenvalue weighted by Gasteiger charge is -2.44. The number of thiophene rings is 1. The Morgan fingerprint density at radius 3 is 2.52 bits per heavy atom. The quantitative estimate of drug-likeness (QED) is 0.120. The molecule has 2 saturated heterocycles. The predicted molar refractivity (Wildman–Crippen MR) is 221 cm³/mol. The van der Waals surface area contributed by atoms with Gasteiger partial charge in [-0.1, -0.05) is 12.7 Å². The maximum atomic E-state index is 14.4. The van der Waals surface area contributed by atoms with E-state index in [1.54, 1.807) is 59.1 Å². The number of carbonyl (C=O) groups is 5. The van der Waals surface area contributed by atoms with Crippen LogP contribution in [0.5, 0.6) is 11.5 Å². The van der Waals surface area contributed by atoms with Gasteiger partial charge in [0.25, 0.3) is 11.8 Å². The minimum atomic E-state index is -1.08. The van der Waals surface area contributed by atoms with Crippen LogP contribution in [0.3, 0.4) is 0 Å². The molecule has 0 radical (unpaired) electrons. The Bertz CT molecular complexity index is 2280. The lowest BCUT2D eigenvalue weighted by molar-refractivity contribution is -0.201. The molecule has 0 saturated carbocycles. The molecule has 4 aromatic rings. The third-order valence-electron chi connectivity index (χ3n) is 10.5. The third kappa shape index (κ3) is 8.96. The molecule has 4 amide bonds. The van der Waals surface area contributed by atoms with E-state index in [2.05, 4.69) is 17.2 Å². The Kier molecular flexibility index (Phi) is 13.0. The molecule has 0 spiro atoms. The van der Waals surface area contributed by atoms with Crippen molar-refractivity contribution in [3.05, 3.63) is 77.5 Å². The fraction of sp³-hybridized carbons (Fsp3) is 0.405. The monoisotopic (exact) mass is 845 g/mol. The molecule has 4 atom stereocenters. The number of rotatable bonds is 13. The number of piperidine rings is 1. The highest BCUT2D eigenvalue weighted by Crippen LogP contribution is 2.42. The van der Waals surface area contributed by atoms with E-state index < -0.39 is 48.5 Å². The summed E-state index contributed by atoms with van der Waals surface area (Å²) in [4.78, 5) is 70.4. The molecule has 7 rings (SSSR count). The van der Waals surface area contributed by atoms with Crippen molar-refractivity contribution in [1.82, 2.24) is 9.47 Å². The molecule has 318 valence electrons. The molecule has 60 heavy (non-hydrogen) atoms. The van der Waals surface area contributed by atoms with Crippen LogP contribution >= 0.6 is 11.3 Å². The van der Waals surface area contributed by atoms with Gasteiger partial charge in [0, 0.05) is 42.8 Å². The van der Waals surface area contributed by atoms with Crippen molar-refractivity contribution < 1.29 is 57.1 Å². The number of methoxy groups -OCH3 is 3. The molecule has 17 nitrogen and oxygen atoms in total. The van der Waals surface area contributed by atoms with Gasteiger partial charge in [-0.2, -0.15) is 0 Å². The first kappa shape index (κ1) is 42.2. The number of hydrogen-bond donors (Lipinski definition) is 2. The van der Waals surface area contributed by atoms with Crippen molar-refractivity contribution in [1.29, 1.82) is 0 Å². The summed E-state index contributed by atoms with van der Waals surface area (Å²) in [5.41, 5.74) is 1.61. The van der Waals surface area contributed by atoms with Crippen LogP contribution in [0.2, 0.25) is 0 Å². The van der Waals surface area contributed by atoms with Crippen LogP contribution in [0.15, 0.2) is 61.3 Å². The fourth-order valence-electron chi connectivity index (χ4n) is 7.63. The van der Waals surface area contributed by atoms with Gasteiger partial charge in [0.15, 0.2) is 24.0 Å². The first-order valence-corrected chi connectivity index (χ1v) is 20.3. The SMILES string of the molecule is C=CCOC(=O)N1c2cc(OC)c(OC)cc2C(=O)N2CC[C@@H](OCC(=O)Nc3cc(C(=O)Nc4ccc5sc(C(=O)OC)cc5c4)n(C)c3)C[C@H]2C1OC1CCCCO1. The van der Waals surface area contributed by atoms with Crippen molar-refractivity contribution >= 4 is 68.3 Å². The Morgan fingerprint density at radius 1 is 0.983 bits per heavy atom. The lowest BCUT2D eigenvalue weighted by atomic mass is 9.97. The minimum absolute atomic E-state index is 0.0897. The molecule has 2 unspecified atom stereocenters. The van der Waals surface area contributed by atoms with Crippen molar-refractivity contribution in [2.75, 3.05) is 63.2 Å². The summed E-state index contributed by atoms with van der Waals surface area (Å²) in [6.45, 7) is 3.96. The Morgan fingerprint density at radius 2 is 1.78 bits per heavy atom. The molecule has 2 fully saturated rings. The van der Waals surface area contributed by atoms with Crippen molar-refractivity contribution in [2.24, 2.45) is 7.05 Å². The predicted octanol–water partition coefficient (Wildman–Crippen LogP) is 5.94. The number of hydrogen-bond acceptors (Lipinski definition) is 13. The van der Waals surface area contributed by atoms with Gasteiger partial charge >= 0.3 is 12.1 Å². The van der Waals surface area contributed by atoms with Crippen LogP contribution in [0.4, 0.5) is 21.9 Å². The smallest absolute Gasteiger partial charge is 0.416 e. The zero-order chi connectivity index (χ0) is 42.5. The van der Waals surface area contributed by atoms with Gasteiger partial charge in [-0.05, 0) is 73.9 Å². The summed E-state index contributed by atoms with van der Waals surface area (Å²) in [5.74, 6) is -1.05. The molecule has 0 aliphatic carbocycles. The molecule has 2 N–H and O–H groups in total. The average molecular weight is 846 g/mol. The van der Waals surface area contributed by atoms with E-state index in [0.29, 0.717) is 47.2 Å². The third-order valence-corrected chi connectivity index (χ3v) is 11.6. The number of fused-ring (bicyclic) bond motifs is 3. The summed E-state index contributed by atoms with van der Waals surface area (Å²) in [6.07, 6.45) is 2.95. The van der Waals surface area contributed by atoms with Gasteiger partial charge in [0.2, 0.25) is 5.91 Å². The van der Waals surface area contributed by atoms with Gasteiger partial charge in [0.05, 0.1) is 50.4 Å². The molecule has 5 heterocycles. The lowest BCUT2D eigenvalue weighted by Crippen LogP contribution is -2.59. The fourth-order valence-corrected chi connectivity index (χ4v) is 8.60. The number of amides is 4. The van der Waals surface area contributed by atoms with Crippen molar-refractivity contribution in [3.8, 4) is 11.5 Å². The first-order chi connectivity index (χ1) is 29.0. The topological polar surface area (TPSA) is 185 Å². The Balaban J connectivity index is 1.05. The van der Waals surface area contributed by atoms with E-state index in [1.165, 1.54) is 43.6 Å². The van der Waals surface area contributed by atoms with Gasteiger partial charge in [-0.15, -0.1) is 11.3 Å². The summed E-state index contributed by atoms with van der Waals surface area (Å²) >= 11 is 1.30. The van der Waals surface area contributed by atoms with Gasteiger partial charge in [-0.25, -0.2) is 14.5 Å². The molecule has 2 aromatic carbocycles. The molecule has 18 heteroatoms. The maximum Gasteiger partial charge on any atom is 0.416 e. The minimum Gasteiger partial charge on any atom is -0.493 e. The zero-order valence-corrected chi connectivity index (χ0v) is 34.5.